The van der Waals surface area contributed by atoms with Crippen molar-refractivity contribution < 1.29 is 9.90 Å². The number of aryl methyl sites for hydroxylation is 1. The number of carbonyl (C=O) groups excluding carboxylic acids is 1. The second-order valence-corrected chi connectivity index (χ2v) is 6.13. The summed E-state index contributed by atoms with van der Waals surface area (Å²) in [4.78, 5) is 22.5. The third kappa shape index (κ3) is 3.10. The van der Waals surface area contributed by atoms with E-state index < -0.39 is 6.61 Å². The zero-order valence-electron chi connectivity index (χ0n) is 12.3. The lowest BCUT2D eigenvalue weighted by Crippen LogP contribution is -2.33. The minimum absolute atomic E-state index is 0.0561. The Morgan fingerprint density at radius 3 is 3.09 bits per heavy atom. The van der Waals surface area contributed by atoms with Crippen LogP contribution in [0, 0.1) is 6.92 Å². The topological polar surface area (TPSA) is 78.4 Å². The van der Waals surface area contributed by atoms with Gasteiger partial charge < -0.3 is 15.3 Å². The highest BCUT2D eigenvalue weighted by Crippen LogP contribution is 2.31. The lowest BCUT2D eigenvalue weighted by atomic mass is 10.1. The van der Waals surface area contributed by atoms with Gasteiger partial charge in [0.15, 0.2) is 5.13 Å². The zero-order chi connectivity index (χ0) is 15.5. The Balaban J connectivity index is 1.80. The van der Waals surface area contributed by atoms with Gasteiger partial charge in [-0.15, -0.1) is 11.3 Å². The molecule has 22 heavy (non-hydrogen) atoms. The van der Waals surface area contributed by atoms with Crippen LogP contribution in [0.2, 0.25) is 0 Å². The van der Waals surface area contributed by atoms with Crippen molar-refractivity contribution in [3.8, 4) is 0 Å². The van der Waals surface area contributed by atoms with Gasteiger partial charge in [-0.1, -0.05) is 6.07 Å². The molecule has 0 aliphatic carbocycles. The van der Waals surface area contributed by atoms with E-state index in [-0.39, 0.29) is 11.9 Å². The molecule has 7 heteroatoms. The summed E-state index contributed by atoms with van der Waals surface area (Å²) in [5.74, 6) is 0.480. The molecule has 2 N–H and O–H groups in total. The quantitative estimate of drug-likeness (QED) is 0.904. The molecule has 0 spiro atoms. The van der Waals surface area contributed by atoms with Crippen molar-refractivity contribution >= 4 is 28.2 Å². The normalized spacial score (nSPS) is 17.7. The molecule has 1 fully saturated rings. The highest BCUT2D eigenvalue weighted by Gasteiger charge is 2.30. The van der Waals surface area contributed by atoms with E-state index >= 15 is 0 Å². The van der Waals surface area contributed by atoms with Crippen molar-refractivity contribution in [1.29, 1.82) is 0 Å². The van der Waals surface area contributed by atoms with Crippen LogP contribution in [0.3, 0.4) is 0 Å². The largest absolute Gasteiger partial charge is 0.387 e. The van der Waals surface area contributed by atoms with E-state index in [9.17, 15) is 4.79 Å². The lowest BCUT2D eigenvalue weighted by molar-refractivity contribution is -0.135. The summed E-state index contributed by atoms with van der Waals surface area (Å²) in [5, 5.41) is 15.1. The number of anilines is 2. The van der Waals surface area contributed by atoms with Crippen molar-refractivity contribution in [3.63, 3.8) is 0 Å². The van der Waals surface area contributed by atoms with Crippen molar-refractivity contribution in [2.75, 3.05) is 18.5 Å². The fourth-order valence-electron chi connectivity index (χ4n) is 2.69. The highest BCUT2D eigenvalue weighted by molar-refractivity contribution is 7.13. The van der Waals surface area contributed by atoms with Gasteiger partial charge in [-0.05, 0) is 31.9 Å². The molecule has 0 radical (unpaired) electrons. The number of likely N-dealkylation sites (tertiary alicyclic amines) is 1. The molecule has 1 saturated heterocycles. The third-order valence-corrected chi connectivity index (χ3v) is 4.55. The number of carbonyl (C=O) groups is 1. The van der Waals surface area contributed by atoms with E-state index in [1.54, 1.807) is 4.90 Å². The number of aliphatic hydroxyl groups excluding tert-OH is 1. The van der Waals surface area contributed by atoms with Crippen molar-refractivity contribution in [1.82, 2.24) is 14.9 Å². The maximum Gasteiger partial charge on any atom is 0.248 e. The molecule has 2 aromatic rings. The van der Waals surface area contributed by atoms with Crippen LogP contribution in [0.4, 0.5) is 10.9 Å². The van der Waals surface area contributed by atoms with E-state index in [0.717, 1.165) is 35.2 Å². The number of hydrogen-bond acceptors (Lipinski definition) is 6. The maximum absolute atomic E-state index is 11.8. The Morgan fingerprint density at radius 2 is 2.36 bits per heavy atom. The van der Waals surface area contributed by atoms with Gasteiger partial charge in [-0.2, -0.15) is 0 Å². The summed E-state index contributed by atoms with van der Waals surface area (Å²) in [6, 6.07) is 5.67. The van der Waals surface area contributed by atoms with Crippen LogP contribution in [0.15, 0.2) is 23.6 Å². The summed E-state index contributed by atoms with van der Waals surface area (Å²) in [6.45, 7) is 2.17. The average molecular weight is 318 g/mol. The van der Waals surface area contributed by atoms with Crippen LogP contribution in [-0.4, -0.2) is 39.0 Å². The summed E-state index contributed by atoms with van der Waals surface area (Å²) in [5.41, 5.74) is 1.82. The smallest absolute Gasteiger partial charge is 0.248 e. The molecule has 0 saturated carbocycles. The minimum Gasteiger partial charge on any atom is -0.387 e. The number of nitrogens with one attached hydrogen (secondary N) is 1. The van der Waals surface area contributed by atoms with Gasteiger partial charge in [-0.3, -0.25) is 4.79 Å². The van der Waals surface area contributed by atoms with E-state index in [2.05, 4.69) is 15.3 Å². The number of nitrogens with zero attached hydrogens (tertiary/aromatic N) is 3. The molecule has 1 aliphatic heterocycles. The molecule has 1 amide bonds. The van der Waals surface area contributed by atoms with E-state index in [1.165, 1.54) is 11.3 Å². The Hall–Kier alpha value is -1.99. The predicted octanol–water partition coefficient (Wildman–Crippen LogP) is 2.25. The van der Waals surface area contributed by atoms with Gasteiger partial charge in [0.2, 0.25) is 5.91 Å². The monoisotopic (exact) mass is 318 g/mol. The number of amides is 1. The highest BCUT2D eigenvalue weighted by atomic mass is 32.1. The first kappa shape index (κ1) is 14.9. The molecule has 2 aromatic heterocycles. The molecular weight excluding hydrogens is 300 g/mol. The van der Waals surface area contributed by atoms with Crippen LogP contribution in [0.25, 0.3) is 0 Å². The van der Waals surface area contributed by atoms with Gasteiger partial charge in [0.25, 0.3) is 0 Å². The fourth-order valence-corrected chi connectivity index (χ4v) is 3.39. The van der Waals surface area contributed by atoms with Gasteiger partial charge in [-0.25, -0.2) is 9.97 Å². The van der Waals surface area contributed by atoms with E-state index in [0.29, 0.717) is 6.54 Å². The molecule has 3 heterocycles. The number of thiazole rings is 1. The standard InChI is InChI=1S/C15H18N4O2S/c1-10-9-22-15(16-10)18-13-6-2-4-11(17-13)12-5-3-7-19(12)14(21)8-20/h2,4,6,9,12,20H,3,5,7-8H2,1H3,(H,16,17,18). The van der Waals surface area contributed by atoms with Gasteiger partial charge >= 0.3 is 0 Å². The lowest BCUT2D eigenvalue weighted by Gasteiger charge is -2.23. The van der Waals surface area contributed by atoms with Crippen LogP contribution in [0.1, 0.15) is 30.3 Å². The van der Waals surface area contributed by atoms with E-state index in [1.807, 2.05) is 30.5 Å². The summed E-state index contributed by atoms with van der Waals surface area (Å²) >= 11 is 1.53. The fraction of sp³-hybridized carbons (Fsp3) is 0.400. The first-order chi connectivity index (χ1) is 10.7. The summed E-state index contributed by atoms with van der Waals surface area (Å²) < 4.78 is 0. The zero-order valence-corrected chi connectivity index (χ0v) is 13.1. The first-order valence-electron chi connectivity index (χ1n) is 7.24. The molecule has 0 aromatic carbocycles. The second-order valence-electron chi connectivity index (χ2n) is 5.27. The van der Waals surface area contributed by atoms with Crippen LogP contribution >= 0.6 is 11.3 Å². The molecular formula is C15H18N4O2S. The second kappa shape index (κ2) is 6.41. The molecule has 1 aliphatic rings. The van der Waals surface area contributed by atoms with Gasteiger partial charge in [0, 0.05) is 11.9 Å². The SMILES string of the molecule is Cc1csc(Nc2cccc(C3CCCN3C(=O)CO)n2)n1. The summed E-state index contributed by atoms with van der Waals surface area (Å²) in [7, 11) is 0. The van der Waals surface area contributed by atoms with Gasteiger partial charge in [0.1, 0.15) is 12.4 Å². The summed E-state index contributed by atoms with van der Waals surface area (Å²) in [6.07, 6.45) is 1.81. The molecule has 116 valence electrons. The number of aromatic nitrogens is 2. The molecule has 6 nitrogen and oxygen atoms in total. The Morgan fingerprint density at radius 1 is 1.50 bits per heavy atom. The van der Waals surface area contributed by atoms with E-state index in [4.69, 9.17) is 5.11 Å². The molecule has 3 rings (SSSR count). The Labute approximate surface area is 132 Å². The molecule has 1 atom stereocenters. The van der Waals surface area contributed by atoms with Crippen molar-refractivity contribution in [2.24, 2.45) is 0 Å². The predicted molar refractivity (Wildman–Crippen MR) is 85.1 cm³/mol. The van der Waals surface area contributed by atoms with Crippen LogP contribution in [-0.2, 0) is 4.79 Å². The van der Waals surface area contributed by atoms with Crippen LogP contribution in [0.5, 0.6) is 0 Å². The number of pyridine rings is 1. The maximum atomic E-state index is 11.8. The molecule has 0 bridgehead atoms. The molecule has 1 unspecified atom stereocenters. The third-order valence-electron chi connectivity index (χ3n) is 3.67. The first-order valence-corrected chi connectivity index (χ1v) is 8.12. The number of aliphatic hydroxyl groups is 1. The number of rotatable bonds is 4. The van der Waals surface area contributed by atoms with Gasteiger partial charge in [0.05, 0.1) is 17.4 Å². The van der Waals surface area contributed by atoms with Crippen molar-refractivity contribution in [3.05, 3.63) is 35.0 Å². The Kier molecular flexibility index (Phi) is 4.35. The van der Waals surface area contributed by atoms with Crippen molar-refractivity contribution in [2.45, 2.75) is 25.8 Å². The average Bonchev–Trinajstić information content (AvgIpc) is 3.16. The number of hydrogen-bond donors (Lipinski definition) is 2. The minimum atomic E-state index is -0.452. The Bertz CT molecular complexity index is 673. The van der Waals surface area contributed by atoms with Crippen LogP contribution < -0.4 is 5.32 Å².